The molecule has 4 nitrogen and oxygen atoms in total. The molecule has 0 spiro atoms. The fourth-order valence-electron chi connectivity index (χ4n) is 3.98. The molecule has 2 fully saturated rings. The SMILES string of the molecule is CC(C)CN1CCCC[C@@H]1c1cccnc1N1CCN(C)CC1. The number of hydrogen-bond acceptors (Lipinski definition) is 4. The van der Waals surface area contributed by atoms with Gasteiger partial charge in [0, 0.05) is 50.5 Å². The van der Waals surface area contributed by atoms with E-state index in [4.69, 9.17) is 4.98 Å². The summed E-state index contributed by atoms with van der Waals surface area (Å²) in [7, 11) is 2.21. The molecule has 0 bridgehead atoms. The number of rotatable bonds is 4. The van der Waals surface area contributed by atoms with Crippen molar-refractivity contribution < 1.29 is 0 Å². The molecule has 0 radical (unpaired) electrons. The van der Waals surface area contributed by atoms with E-state index in [1.807, 2.05) is 6.20 Å². The predicted molar refractivity (Wildman–Crippen MR) is 97.0 cm³/mol. The maximum absolute atomic E-state index is 4.80. The van der Waals surface area contributed by atoms with Crippen molar-refractivity contribution in [3.8, 4) is 0 Å². The molecule has 0 aliphatic carbocycles. The quantitative estimate of drug-likeness (QED) is 0.851. The maximum Gasteiger partial charge on any atom is 0.133 e. The Morgan fingerprint density at radius 1 is 1.13 bits per heavy atom. The number of pyridine rings is 1. The van der Waals surface area contributed by atoms with Crippen LogP contribution in [0.3, 0.4) is 0 Å². The van der Waals surface area contributed by atoms with Gasteiger partial charge in [0.25, 0.3) is 0 Å². The molecule has 0 aromatic carbocycles. The van der Waals surface area contributed by atoms with Gasteiger partial charge in [-0.15, -0.1) is 0 Å². The lowest BCUT2D eigenvalue weighted by atomic mass is 9.94. The summed E-state index contributed by atoms with van der Waals surface area (Å²) in [6.45, 7) is 11.6. The van der Waals surface area contributed by atoms with Gasteiger partial charge in [-0.3, -0.25) is 4.90 Å². The molecule has 2 saturated heterocycles. The molecule has 3 heterocycles. The highest BCUT2D eigenvalue weighted by Crippen LogP contribution is 2.36. The normalized spacial score (nSPS) is 24.3. The molecule has 23 heavy (non-hydrogen) atoms. The van der Waals surface area contributed by atoms with Crippen molar-refractivity contribution in [1.29, 1.82) is 0 Å². The van der Waals surface area contributed by atoms with Crippen LogP contribution >= 0.6 is 0 Å². The van der Waals surface area contributed by atoms with Crippen LogP contribution in [0, 0.1) is 5.92 Å². The van der Waals surface area contributed by atoms with Crippen molar-refractivity contribution in [2.45, 2.75) is 39.2 Å². The molecule has 2 aliphatic rings. The number of anilines is 1. The van der Waals surface area contributed by atoms with Gasteiger partial charge in [-0.1, -0.05) is 26.3 Å². The third-order valence-electron chi connectivity index (χ3n) is 5.19. The van der Waals surface area contributed by atoms with Gasteiger partial charge in [-0.25, -0.2) is 4.98 Å². The van der Waals surface area contributed by atoms with E-state index >= 15 is 0 Å². The first-order chi connectivity index (χ1) is 11.1. The Morgan fingerprint density at radius 2 is 1.91 bits per heavy atom. The summed E-state index contributed by atoms with van der Waals surface area (Å²) in [5.41, 5.74) is 1.46. The number of aromatic nitrogens is 1. The molecule has 0 saturated carbocycles. The van der Waals surface area contributed by atoms with Gasteiger partial charge in [0.05, 0.1) is 0 Å². The molecule has 4 heteroatoms. The number of likely N-dealkylation sites (tertiary alicyclic amines) is 1. The molecular weight excluding hydrogens is 284 g/mol. The Balaban J connectivity index is 1.83. The van der Waals surface area contributed by atoms with Crippen molar-refractivity contribution in [3.63, 3.8) is 0 Å². The first-order valence-corrected chi connectivity index (χ1v) is 9.27. The lowest BCUT2D eigenvalue weighted by molar-refractivity contribution is 0.132. The molecule has 0 amide bonds. The summed E-state index contributed by atoms with van der Waals surface area (Å²) in [5, 5.41) is 0. The van der Waals surface area contributed by atoms with Gasteiger partial charge in [-0.2, -0.15) is 0 Å². The minimum absolute atomic E-state index is 0.550. The topological polar surface area (TPSA) is 22.6 Å². The smallest absolute Gasteiger partial charge is 0.133 e. The van der Waals surface area contributed by atoms with Crippen LogP contribution < -0.4 is 4.90 Å². The van der Waals surface area contributed by atoms with Crippen molar-refractivity contribution >= 4 is 5.82 Å². The summed E-state index contributed by atoms with van der Waals surface area (Å²) in [5.74, 6) is 1.96. The minimum atomic E-state index is 0.550. The van der Waals surface area contributed by atoms with Crippen molar-refractivity contribution in [1.82, 2.24) is 14.8 Å². The monoisotopic (exact) mass is 316 g/mol. The van der Waals surface area contributed by atoms with E-state index in [1.54, 1.807) is 0 Å². The number of piperazine rings is 1. The minimum Gasteiger partial charge on any atom is -0.354 e. The summed E-state index contributed by atoms with van der Waals surface area (Å²) >= 11 is 0. The molecule has 3 rings (SSSR count). The molecular formula is C19H32N4. The summed E-state index contributed by atoms with van der Waals surface area (Å²) < 4.78 is 0. The van der Waals surface area contributed by atoms with Gasteiger partial charge < -0.3 is 9.80 Å². The van der Waals surface area contributed by atoms with Crippen LogP contribution in [0.5, 0.6) is 0 Å². The highest BCUT2D eigenvalue weighted by atomic mass is 15.3. The highest BCUT2D eigenvalue weighted by molar-refractivity contribution is 5.49. The van der Waals surface area contributed by atoms with E-state index in [2.05, 4.69) is 47.7 Å². The average Bonchev–Trinajstić information content (AvgIpc) is 2.56. The largest absolute Gasteiger partial charge is 0.354 e. The van der Waals surface area contributed by atoms with Crippen LogP contribution in [0.2, 0.25) is 0 Å². The predicted octanol–water partition coefficient (Wildman–Crippen LogP) is 3.02. The van der Waals surface area contributed by atoms with Crippen LogP contribution in [-0.2, 0) is 0 Å². The Morgan fingerprint density at radius 3 is 2.65 bits per heavy atom. The second kappa shape index (κ2) is 7.63. The number of nitrogens with zero attached hydrogens (tertiary/aromatic N) is 4. The van der Waals surface area contributed by atoms with Crippen LogP contribution in [0.4, 0.5) is 5.82 Å². The third-order valence-corrected chi connectivity index (χ3v) is 5.19. The zero-order valence-electron chi connectivity index (χ0n) is 15.0. The lowest BCUT2D eigenvalue weighted by Crippen LogP contribution is -2.45. The molecule has 1 aromatic rings. The van der Waals surface area contributed by atoms with Gasteiger partial charge in [-0.05, 0) is 38.4 Å². The van der Waals surface area contributed by atoms with Crippen molar-refractivity contribution in [2.24, 2.45) is 5.92 Å². The van der Waals surface area contributed by atoms with Gasteiger partial charge in [0.15, 0.2) is 0 Å². The van der Waals surface area contributed by atoms with E-state index < -0.39 is 0 Å². The van der Waals surface area contributed by atoms with Crippen molar-refractivity contribution in [3.05, 3.63) is 23.9 Å². The first-order valence-electron chi connectivity index (χ1n) is 9.27. The van der Waals surface area contributed by atoms with E-state index in [0.29, 0.717) is 6.04 Å². The molecule has 1 atom stereocenters. The third kappa shape index (κ3) is 4.04. The standard InChI is InChI=1S/C19H32N4/c1-16(2)15-23-10-5-4-8-18(23)17-7-6-9-20-19(17)22-13-11-21(3)12-14-22/h6-7,9,16,18H,4-5,8,10-15H2,1-3H3/t18-/m1/s1. The Labute approximate surface area is 141 Å². The lowest BCUT2D eigenvalue weighted by Gasteiger charge is -2.40. The van der Waals surface area contributed by atoms with Gasteiger partial charge in [0.1, 0.15) is 5.82 Å². The number of piperidine rings is 1. The highest BCUT2D eigenvalue weighted by Gasteiger charge is 2.28. The van der Waals surface area contributed by atoms with Crippen LogP contribution in [0.25, 0.3) is 0 Å². The van der Waals surface area contributed by atoms with Crippen LogP contribution in [-0.4, -0.2) is 61.1 Å². The van der Waals surface area contributed by atoms with Crippen LogP contribution in [0.1, 0.15) is 44.7 Å². The first kappa shape index (κ1) is 16.7. The van der Waals surface area contributed by atoms with E-state index in [1.165, 1.54) is 43.7 Å². The summed E-state index contributed by atoms with van der Waals surface area (Å²) in [6.07, 6.45) is 5.93. The number of likely N-dealkylation sites (N-methyl/N-ethyl adjacent to an activating group) is 1. The Kier molecular flexibility index (Phi) is 5.54. The second-order valence-electron chi connectivity index (χ2n) is 7.61. The molecule has 128 valence electrons. The van der Waals surface area contributed by atoms with E-state index in [0.717, 1.165) is 32.1 Å². The van der Waals surface area contributed by atoms with Crippen LogP contribution in [0.15, 0.2) is 18.3 Å². The van der Waals surface area contributed by atoms with E-state index in [9.17, 15) is 0 Å². The molecule has 2 aliphatic heterocycles. The average molecular weight is 316 g/mol. The molecule has 0 N–H and O–H groups in total. The molecule has 1 aromatic heterocycles. The Hall–Kier alpha value is -1.13. The van der Waals surface area contributed by atoms with Gasteiger partial charge in [0.2, 0.25) is 0 Å². The van der Waals surface area contributed by atoms with Gasteiger partial charge >= 0.3 is 0 Å². The Bertz CT molecular complexity index is 494. The second-order valence-corrected chi connectivity index (χ2v) is 7.61. The zero-order chi connectivity index (χ0) is 16.2. The summed E-state index contributed by atoms with van der Waals surface area (Å²) in [4.78, 5) is 12.4. The summed E-state index contributed by atoms with van der Waals surface area (Å²) in [6, 6.07) is 5.00. The number of hydrogen-bond donors (Lipinski definition) is 0. The van der Waals surface area contributed by atoms with Crippen molar-refractivity contribution in [2.75, 3.05) is 51.2 Å². The fourth-order valence-corrected chi connectivity index (χ4v) is 3.98. The molecule has 0 unspecified atom stereocenters. The van der Waals surface area contributed by atoms with E-state index in [-0.39, 0.29) is 0 Å². The fraction of sp³-hybridized carbons (Fsp3) is 0.737. The maximum atomic E-state index is 4.80. The zero-order valence-corrected chi connectivity index (χ0v) is 15.0.